The first-order valence-corrected chi connectivity index (χ1v) is 9.69. The van der Waals surface area contributed by atoms with E-state index in [1.165, 1.54) is 18.2 Å². The predicted molar refractivity (Wildman–Crippen MR) is 117 cm³/mol. The molecule has 0 atom stereocenters. The molecule has 0 spiro atoms. The second-order valence-electron chi connectivity index (χ2n) is 6.36. The Hall–Kier alpha value is -3.62. The molecule has 4 aromatic rings. The Morgan fingerprint density at radius 3 is 2.74 bits per heavy atom. The molecule has 10 heteroatoms. The molecule has 0 fully saturated rings. The minimum absolute atomic E-state index is 0.0117. The molecule has 31 heavy (non-hydrogen) atoms. The molecule has 0 saturated heterocycles. The Balaban J connectivity index is 1.48. The van der Waals surface area contributed by atoms with E-state index in [1.807, 2.05) is 0 Å². The number of fused-ring (bicyclic) bond motifs is 1. The fourth-order valence-corrected chi connectivity index (χ4v) is 3.24. The van der Waals surface area contributed by atoms with Gasteiger partial charge in [-0.3, -0.25) is 14.9 Å². The molecule has 1 amide bonds. The van der Waals surface area contributed by atoms with Crippen molar-refractivity contribution in [1.82, 2.24) is 4.98 Å². The molecule has 1 N–H and O–H groups in total. The monoisotopic (exact) mass is 457 g/mol. The first kappa shape index (κ1) is 20.6. The first-order valence-electron chi connectivity index (χ1n) is 8.93. The lowest BCUT2D eigenvalue weighted by Gasteiger charge is -2.07. The van der Waals surface area contributed by atoms with Crippen LogP contribution in [-0.2, 0) is 4.79 Å². The van der Waals surface area contributed by atoms with Crippen LogP contribution >= 0.6 is 23.2 Å². The van der Waals surface area contributed by atoms with E-state index in [1.54, 1.807) is 42.5 Å². The summed E-state index contributed by atoms with van der Waals surface area (Å²) in [6.45, 7) is -0.398. The van der Waals surface area contributed by atoms with E-state index in [0.29, 0.717) is 38.3 Å². The quantitative estimate of drug-likeness (QED) is 0.292. The number of carbonyl (C=O) groups is 1. The number of rotatable bonds is 6. The molecule has 1 aromatic heterocycles. The van der Waals surface area contributed by atoms with Crippen LogP contribution in [0.15, 0.2) is 65.1 Å². The van der Waals surface area contributed by atoms with Gasteiger partial charge in [-0.2, -0.15) is 0 Å². The maximum atomic E-state index is 12.2. The Labute approximate surface area is 185 Å². The van der Waals surface area contributed by atoms with Gasteiger partial charge in [0.05, 0.1) is 20.5 Å². The minimum Gasteiger partial charge on any atom is -0.477 e. The summed E-state index contributed by atoms with van der Waals surface area (Å²) in [7, 11) is 0. The number of hydrogen-bond donors (Lipinski definition) is 1. The van der Waals surface area contributed by atoms with Crippen LogP contribution in [0.1, 0.15) is 0 Å². The van der Waals surface area contributed by atoms with Crippen molar-refractivity contribution < 1.29 is 18.9 Å². The zero-order valence-electron chi connectivity index (χ0n) is 15.7. The summed E-state index contributed by atoms with van der Waals surface area (Å²) in [5.74, 6) is -0.178. The van der Waals surface area contributed by atoms with Crippen molar-refractivity contribution in [3.05, 3.63) is 80.8 Å². The number of para-hydroxylation sites is 2. The van der Waals surface area contributed by atoms with Crippen LogP contribution in [0.5, 0.6) is 5.75 Å². The number of nitro benzene ring substituents is 1. The number of anilines is 1. The average molecular weight is 458 g/mol. The molecule has 3 aromatic carbocycles. The van der Waals surface area contributed by atoms with Crippen molar-refractivity contribution >= 4 is 51.6 Å². The molecule has 0 aliphatic heterocycles. The van der Waals surface area contributed by atoms with E-state index in [9.17, 15) is 14.9 Å². The third kappa shape index (κ3) is 4.45. The number of aromatic nitrogens is 1. The summed E-state index contributed by atoms with van der Waals surface area (Å²) in [6.07, 6.45) is 0. The van der Waals surface area contributed by atoms with E-state index in [4.69, 9.17) is 32.4 Å². The smallest absolute Gasteiger partial charge is 0.310 e. The largest absolute Gasteiger partial charge is 0.477 e. The summed E-state index contributed by atoms with van der Waals surface area (Å²) in [5.41, 5.74) is 1.80. The normalized spacial score (nSPS) is 10.8. The summed E-state index contributed by atoms with van der Waals surface area (Å²) in [6, 6.07) is 15.9. The first-order chi connectivity index (χ1) is 14.9. The van der Waals surface area contributed by atoms with Crippen LogP contribution in [0.3, 0.4) is 0 Å². The van der Waals surface area contributed by atoms with Crippen molar-refractivity contribution in [3.63, 3.8) is 0 Å². The van der Waals surface area contributed by atoms with Crippen LogP contribution in [-0.4, -0.2) is 22.4 Å². The molecule has 0 aliphatic carbocycles. The van der Waals surface area contributed by atoms with Crippen LogP contribution in [0, 0.1) is 10.1 Å². The number of nitro groups is 1. The predicted octanol–water partition coefficient (Wildman–Crippen LogP) is 5.73. The number of ether oxygens (including phenoxy) is 1. The Bertz CT molecular complexity index is 1310. The molecular formula is C21H13Cl2N3O5. The second-order valence-corrected chi connectivity index (χ2v) is 7.15. The molecule has 0 bridgehead atoms. The summed E-state index contributed by atoms with van der Waals surface area (Å²) in [5, 5.41) is 14.4. The van der Waals surface area contributed by atoms with Crippen LogP contribution in [0.2, 0.25) is 10.0 Å². The van der Waals surface area contributed by atoms with E-state index < -0.39 is 17.4 Å². The zero-order chi connectivity index (χ0) is 22.0. The number of nitrogens with zero attached hydrogens (tertiary/aromatic N) is 2. The SMILES string of the molecule is O=C(COc1ccccc1[N+](=O)[O-])Nc1ccc2oc(-c3cccc(Cl)c3Cl)nc2c1. The summed E-state index contributed by atoms with van der Waals surface area (Å²) >= 11 is 12.3. The molecule has 0 aliphatic rings. The van der Waals surface area contributed by atoms with E-state index >= 15 is 0 Å². The van der Waals surface area contributed by atoms with Crippen molar-refractivity contribution in [2.45, 2.75) is 0 Å². The maximum Gasteiger partial charge on any atom is 0.310 e. The van der Waals surface area contributed by atoms with E-state index in [2.05, 4.69) is 10.3 Å². The van der Waals surface area contributed by atoms with Gasteiger partial charge in [0.2, 0.25) is 5.89 Å². The number of nitrogens with one attached hydrogen (secondary N) is 1. The highest BCUT2D eigenvalue weighted by Crippen LogP contribution is 2.35. The standard InChI is InChI=1S/C21H13Cl2N3O5/c22-14-5-3-4-13(20(14)23)21-25-15-10-12(8-9-17(15)31-21)24-19(27)11-30-18-7-2-1-6-16(18)26(28)29/h1-10H,11H2,(H,24,27). The zero-order valence-corrected chi connectivity index (χ0v) is 17.2. The molecular weight excluding hydrogens is 445 g/mol. The van der Waals surface area contributed by atoms with Gasteiger partial charge in [-0.05, 0) is 36.4 Å². The maximum absolute atomic E-state index is 12.2. The summed E-state index contributed by atoms with van der Waals surface area (Å²) in [4.78, 5) is 27.1. The van der Waals surface area contributed by atoms with Gasteiger partial charge >= 0.3 is 5.69 Å². The van der Waals surface area contributed by atoms with Gasteiger partial charge < -0.3 is 14.5 Å². The van der Waals surface area contributed by atoms with E-state index in [0.717, 1.165) is 0 Å². The number of hydrogen-bond acceptors (Lipinski definition) is 6. The fraction of sp³-hybridized carbons (Fsp3) is 0.0476. The molecule has 0 radical (unpaired) electrons. The van der Waals surface area contributed by atoms with Gasteiger partial charge in [-0.1, -0.05) is 41.4 Å². The van der Waals surface area contributed by atoms with Gasteiger partial charge in [-0.15, -0.1) is 0 Å². The molecule has 1 heterocycles. The fourth-order valence-electron chi connectivity index (χ4n) is 2.86. The third-order valence-corrected chi connectivity index (χ3v) is 5.09. The lowest BCUT2D eigenvalue weighted by Crippen LogP contribution is -2.20. The van der Waals surface area contributed by atoms with Crippen molar-refractivity contribution in [3.8, 4) is 17.2 Å². The van der Waals surface area contributed by atoms with E-state index in [-0.39, 0.29) is 11.4 Å². The lowest BCUT2D eigenvalue weighted by atomic mass is 10.2. The van der Waals surface area contributed by atoms with Crippen LogP contribution < -0.4 is 10.1 Å². The van der Waals surface area contributed by atoms with Gasteiger partial charge in [0, 0.05) is 11.8 Å². The highest BCUT2D eigenvalue weighted by Gasteiger charge is 2.16. The van der Waals surface area contributed by atoms with Crippen LogP contribution in [0.4, 0.5) is 11.4 Å². The lowest BCUT2D eigenvalue weighted by molar-refractivity contribution is -0.385. The average Bonchev–Trinajstić information content (AvgIpc) is 3.17. The molecule has 8 nitrogen and oxygen atoms in total. The molecule has 0 saturated carbocycles. The summed E-state index contributed by atoms with van der Waals surface area (Å²) < 4.78 is 11.0. The number of amides is 1. The molecule has 4 rings (SSSR count). The number of benzene rings is 3. The Kier molecular flexibility index (Phi) is 5.75. The Morgan fingerprint density at radius 2 is 1.94 bits per heavy atom. The van der Waals surface area contributed by atoms with Gasteiger partial charge in [0.1, 0.15) is 5.52 Å². The topological polar surface area (TPSA) is 108 Å². The van der Waals surface area contributed by atoms with Crippen molar-refractivity contribution in [2.75, 3.05) is 11.9 Å². The van der Waals surface area contributed by atoms with Gasteiger partial charge in [-0.25, -0.2) is 4.98 Å². The minimum atomic E-state index is -0.574. The highest BCUT2D eigenvalue weighted by molar-refractivity contribution is 6.43. The number of oxazole rings is 1. The van der Waals surface area contributed by atoms with Crippen molar-refractivity contribution in [2.24, 2.45) is 0 Å². The van der Waals surface area contributed by atoms with Crippen LogP contribution in [0.25, 0.3) is 22.6 Å². The highest BCUT2D eigenvalue weighted by atomic mass is 35.5. The van der Waals surface area contributed by atoms with Gasteiger partial charge in [0.15, 0.2) is 17.9 Å². The Morgan fingerprint density at radius 1 is 1.13 bits per heavy atom. The van der Waals surface area contributed by atoms with Gasteiger partial charge in [0.25, 0.3) is 5.91 Å². The third-order valence-electron chi connectivity index (χ3n) is 4.27. The van der Waals surface area contributed by atoms with Crippen molar-refractivity contribution in [1.29, 1.82) is 0 Å². The number of carbonyl (C=O) groups excluding carboxylic acids is 1. The second kappa shape index (κ2) is 8.63. The number of halogens is 2. The molecule has 156 valence electrons. The molecule has 0 unspecified atom stereocenters.